The van der Waals surface area contributed by atoms with E-state index in [0.717, 1.165) is 40.3 Å². The molecule has 26 heavy (non-hydrogen) atoms. The van der Waals surface area contributed by atoms with E-state index in [0.29, 0.717) is 11.8 Å². The van der Waals surface area contributed by atoms with E-state index >= 15 is 0 Å². The summed E-state index contributed by atoms with van der Waals surface area (Å²) in [5.74, 6) is 1.60. The fourth-order valence-corrected chi connectivity index (χ4v) is 4.25. The summed E-state index contributed by atoms with van der Waals surface area (Å²) in [5.41, 5.74) is 1.98. The van der Waals surface area contributed by atoms with Crippen LogP contribution >= 0.6 is 22.9 Å². The van der Waals surface area contributed by atoms with Crippen LogP contribution in [0.15, 0.2) is 29.6 Å². The Morgan fingerprint density at radius 2 is 1.65 bits per heavy atom. The van der Waals surface area contributed by atoms with Gasteiger partial charge in [0.15, 0.2) is 0 Å². The van der Waals surface area contributed by atoms with Gasteiger partial charge in [-0.3, -0.25) is 0 Å². The number of anilines is 1. The highest BCUT2D eigenvalue weighted by molar-refractivity contribution is 7.17. The topological polar surface area (TPSA) is 29.0 Å². The monoisotopic (exact) mass is 391 g/mol. The first-order chi connectivity index (χ1) is 12.3. The zero-order valence-corrected chi connectivity index (χ0v) is 17.0. The Bertz CT molecular complexity index is 880. The van der Waals surface area contributed by atoms with Crippen LogP contribution in [0, 0.1) is 17.7 Å². The van der Waals surface area contributed by atoms with Crippen molar-refractivity contribution in [2.24, 2.45) is 11.8 Å². The molecule has 0 fully saturated rings. The normalized spacial score (nSPS) is 11.7. The van der Waals surface area contributed by atoms with Crippen LogP contribution in [-0.2, 0) is 0 Å². The van der Waals surface area contributed by atoms with Crippen LogP contribution in [0.25, 0.3) is 21.3 Å². The average molecular weight is 392 g/mol. The third kappa shape index (κ3) is 4.15. The number of nitrogens with zero attached hydrogens (tertiary/aromatic N) is 3. The van der Waals surface area contributed by atoms with Gasteiger partial charge in [0.25, 0.3) is 0 Å². The molecule has 0 aliphatic heterocycles. The SMILES string of the molecule is CC(C)CN(CC(C)C)c1nc(Cl)nc2scc(-c3ccc(F)cc3)c12. The molecule has 138 valence electrons. The van der Waals surface area contributed by atoms with Crippen molar-refractivity contribution in [3.8, 4) is 11.1 Å². The zero-order chi connectivity index (χ0) is 18.8. The maximum Gasteiger partial charge on any atom is 0.225 e. The predicted octanol–water partition coefficient (Wildman–Crippen LogP) is 6.27. The van der Waals surface area contributed by atoms with Gasteiger partial charge in [0, 0.05) is 24.0 Å². The molecule has 0 bridgehead atoms. The number of halogens is 2. The Labute approximate surface area is 162 Å². The summed E-state index contributed by atoms with van der Waals surface area (Å²) in [5, 5.41) is 3.31. The number of thiophene rings is 1. The van der Waals surface area contributed by atoms with Gasteiger partial charge in [-0.15, -0.1) is 11.3 Å². The van der Waals surface area contributed by atoms with Crippen LogP contribution in [0.1, 0.15) is 27.7 Å². The Morgan fingerprint density at radius 3 is 2.23 bits per heavy atom. The molecule has 0 radical (unpaired) electrons. The lowest BCUT2D eigenvalue weighted by atomic mass is 10.0. The van der Waals surface area contributed by atoms with Gasteiger partial charge in [-0.25, -0.2) is 9.37 Å². The standard InChI is InChI=1S/C20H23ClFN3S/c1-12(2)9-25(10-13(3)4)18-17-16(14-5-7-15(22)8-6-14)11-26-19(17)24-20(21)23-18/h5-8,11-13H,9-10H2,1-4H3. The van der Waals surface area contributed by atoms with E-state index < -0.39 is 0 Å². The molecule has 0 saturated heterocycles. The molecular weight excluding hydrogens is 369 g/mol. The molecule has 3 aromatic rings. The summed E-state index contributed by atoms with van der Waals surface area (Å²) in [7, 11) is 0. The van der Waals surface area contributed by atoms with Gasteiger partial charge in [0.05, 0.1) is 5.39 Å². The Morgan fingerprint density at radius 1 is 1.04 bits per heavy atom. The molecular formula is C20H23ClFN3S. The highest BCUT2D eigenvalue weighted by Crippen LogP contribution is 2.39. The third-order valence-electron chi connectivity index (χ3n) is 4.01. The summed E-state index contributed by atoms with van der Waals surface area (Å²) in [6, 6.07) is 6.56. The average Bonchev–Trinajstić information content (AvgIpc) is 2.97. The Balaban J connectivity index is 2.19. The minimum Gasteiger partial charge on any atom is -0.355 e. The molecule has 0 saturated carbocycles. The molecule has 0 amide bonds. The third-order valence-corrected chi connectivity index (χ3v) is 5.05. The maximum absolute atomic E-state index is 13.3. The van der Waals surface area contributed by atoms with Crippen molar-refractivity contribution in [3.05, 3.63) is 40.7 Å². The molecule has 3 nitrogen and oxygen atoms in total. The van der Waals surface area contributed by atoms with Gasteiger partial charge in [-0.05, 0) is 41.1 Å². The molecule has 0 spiro atoms. The van der Waals surface area contributed by atoms with E-state index in [9.17, 15) is 4.39 Å². The summed E-state index contributed by atoms with van der Waals surface area (Å²) in [6.45, 7) is 10.6. The van der Waals surface area contributed by atoms with Crippen molar-refractivity contribution in [2.75, 3.05) is 18.0 Å². The molecule has 0 N–H and O–H groups in total. The molecule has 0 aliphatic carbocycles. The number of aromatic nitrogens is 2. The second-order valence-corrected chi connectivity index (χ2v) is 8.54. The quantitative estimate of drug-likeness (QED) is 0.463. The van der Waals surface area contributed by atoms with Crippen molar-refractivity contribution in [3.63, 3.8) is 0 Å². The van der Waals surface area contributed by atoms with Crippen LogP contribution in [0.3, 0.4) is 0 Å². The van der Waals surface area contributed by atoms with Crippen LogP contribution in [-0.4, -0.2) is 23.1 Å². The number of hydrogen-bond acceptors (Lipinski definition) is 4. The second kappa shape index (κ2) is 7.89. The largest absolute Gasteiger partial charge is 0.355 e. The summed E-state index contributed by atoms with van der Waals surface area (Å²) in [4.78, 5) is 12.2. The van der Waals surface area contributed by atoms with E-state index in [1.807, 2.05) is 0 Å². The molecule has 1 aromatic carbocycles. The second-order valence-electron chi connectivity index (χ2n) is 7.35. The summed E-state index contributed by atoms with van der Waals surface area (Å²) >= 11 is 7.77. The molecule has 3 rings (SSSR count). The van der Waals surface area contributed by atoms with Gasteiger partial charge < -0.3 is 4.90 Å². The van der Waals surface area contributed by atoms with E-state index in [2.05, 4.69) is 47.9 Å². The predicted molar refractivity (Wildman–Crippen MR) is 110 cm³/mol. The van der Waals surface area contributed by atoms with Gasteiger partial charge >= 0.3 is 0 Å². The van der Waals surface area contributed by atoms with Crippen LogP contribution in [0.5, 0.6) is 0 Å². The van der Waals surface area contributed by atoms with Crippen LogP contribution in [0.4, 0.5) is 10.2 Å². The van der Waals surface area contributed by atoms with E-state index in [1.165, 1.54) is 12.1 Å². The zero-order valence-electron chi connectivity index (χ0n) is 15.5. The van der Waals surface area contributed by atoms with E-state index in [1.54, 1.807) is 23.5 Å². The molecule has 2 aromatic heterocycles. The highest BCUT2D eigenvalue weighted by Gasteiger charge is 2.21. The highest BCUT2D eigenvalue weighted by atomic mass is 35.5. The van der Waals surface area contributed by atoms with Crippen LogP contribution in [0.2, 0.25) is 5.28 Å². The minimum atomic E-state index is -0.242. The molecule has 2 heterocycles. The van der Waals surface area contributed by atoms with Crippen LogP contribution < -0.4 is 4.90 Å². The number of fused-ring (bicyclic) bond motifs is 1. The van der Waals surface area contributed by atoms with Crippen molar-refractivity contribution in [2.45, 2.75) is 27.7 Å². The number of hydrogen-bond donors (Lipinski definition) is 0. The van der Waals surface area contributed by atoms with E-state index in [4.69, 9.17) is 11.6 Å². The summed E-state index contributed by atoms with van der Waals surface area (Å²) < 4.78 is 13.3. The van der Waals surface area contributed by atoms with Gasteiger partial charge in [-0.2, -0.15) is 4.98 Å². The van der Waals surface area contributed by atoms with Gasteiger partial charge in [0.1, 0.15) is 16.5 Å². The number of rotatable bonds is 6. The molecule has 6 heteroatoms. The Hall–Kier alpha value is -1.72. The van der Waals surface area contributed by atoms with Crippen molar-refractivity contribution < 1.29 is 4.39 Å². The Kier molecular flexibility index (Phi) is 5.78. The smallest absolute Gasteiger partial charge is 0.225 e. The van der Waals surface area contributed by atoms with Crippen molar-refractivity contribution in [1.82, 2.24) is 9.97 Å². The van der Waals surface area contributed by atoms with Crippen molar-refractivity contribution in [1.29, 1.82) is 0 Å². The summed E-state index contributed by atoms with van der Waals surface area (Å²) in [6.07, 6.45) is 0. The van der Waals surface area contributed by atoms with Gasteiger partial charge in [0.2, 0.25) is 5.28 Å². The van der Waals surface area contributed by atoms with Gasteiger partial charge in [-0.1, -0.05) is 39.8 Å². The lowest BCUT2D eigenvalue weighted by Crippen LogP contribution is -2.32. The fraction of sp³-hybridized carbons (Fsp3) is 0.400. The maximum atomic E-state index is 13.3. The first-order valence-electron chi connectivity index (χ1n) is 8.80. The molecule has 0 unspecified atom stereocenters. The molecule has 0 aliphatic rings. The lowest BCUT2D eigenvalue weighted by molar-refractivity contribution is 0.550. The first-order valence-corrected chi connectivity index (χ1v) is 10.1. The van der Waals surface area contributed by atoms with Crippen molar-refractivity contribution >= 4 is 39.0 Å². The fourth-order valence-electron chi connectivity index (χ4n) is 3.10. The molecule has 0 atom stereocenters. The first kappa shape index (κ1) is 19.1. The number of benzene rings is 1. The van der Waals surface area contributed by atoms with E-state index in [-0.39, 0.29) is 11.1 Å². The lowest BCUT2D eigenvalue weighted by Gasteiger charge is -2.28. The minimum absolute atomic E-state index is 0.242.